The number of rotatable bonds is 18. The van der Waals surface area contributed by atoms with Gasteiger partial charge in [0.1, 0.15) is 27.1 Å². The second kappa shape index (κ2) is 17.6. The predicted molar refractivity (Wildman–Crippen MR) is 181 cm³/mol. The lowest BCUT2D eigenvalue weighted by Crippen LogP contribution is -2.00. The van der Waals surface area contributed by atoms with Crippen molar-refractivity contribution in [2.24, 2.45) is 0 Å². The first-order valence-electron chi connectivity index (χ1n) is 15.6. The summed E-state index contributed by atoms with van der Waals surface area (Å²) in [5.74, 6) is 1.69. The molecule has 0 bridgehead atoms. The maximum absolute atomic E-state index is 6.16. The Morgan fingerprint density at radius 2 is 1.07 bits per heavy atom. The quantitative estimate of drug-likeness (QED) is 0.0765. The summed E-state index contributed by atoms with van der Waals surface area (Å²) >= 11 is 7.22. The highest BCUT2D eigenvalue weighted by atomic mass is 79.9. The van der Waals surface area contributed by atoms with E-state index in [1.807, 2.05) is 24.3 Å². The Bertz CT molecular complexity index is 1310. The van der Waals surface area contributed by atoms with Crippen LogP contribution in [0.25, 0.3) is 33.5 Å². The van der Waals surface area contributed by atoms with Gasteiger partial charge in [0.15, 0.2) is 0 Å². The molecule has 2 aromatic heterocycles. The van der Waals surface area contributed by atoms with Gasteiger partial charge in [0.2, 0.25) is 0 Å². The molecule has 4 rings (SSSR count). The van der Waals surface area contributed by atoms with Gasteiger partial charge in [-0.05, 0) is 69.0 Å². The molecule has 0 atom stereocenters. The van der Waals surface area contributed by atoms with Crippen LogP contribution in [0.4, 0.5) is 0 Å². The lowest BCUT2D eigenvalue weighted by molar-refractivity contribution is 0.304. The van der Waals surface area contributed by atoms with Crippen molar-refractivity contribution in [2.75, 3.05) is 13.2 Å². The Hall–Kier alpha value is -2.51. The molecule has 0 aliphatic carbocycles. The van der Waals surface area contributed by atoms with E-state index in [1.54, 1.807) is 6.20 Å². The van der Waals surface area contributed by atoms with E-state index in [4.69, 9.17) is 19.4 Å². The zero-order chi connectivity index (χ0) is 29.6. The zero-order valence-electron chi connectivity index (χ0n) is 25.0. The molecule has 0 spiro atoms. The molecule has 0 aliphatic rings. The van der Waals surface area contributed by atoms with E-state index in [-0.39, 0.29) is 0 Å². The lowest BCUT2D eigenvalue weighted by Gasteiger charge is -2.14. The summed E-state index contributed by atoms with van der Waals surface area (Å²) in [5.41, 5.74) is 4.94. The average Bonchev–Trinajstić information content (AvgIpc) is 3.02. The van der Waals surface area contributed by atoms with Gasteiger partial charge in [0, 0.05) is 17.3 Å². The third kappa shape index (κ3) is 9.50. The van der Waals surface area contributed by atoms with Gasteiger partial charge < -0.3 is 9.47 Å². The van der Waals surface area contributed by atoms with Crippen LogP contribution in [-0.4, -0.2) is 28.2 Å². The third-order valence-electron chi connectivity index (χ3n) is 7.36. The molecular weight excluding hydrogens is 654 g/mol. The van der Waals surface area contributed by atoms with Crippen LogP contribution in [0.15, 0.2) is 63.8 Å². The Balaban J connectivity index is 1.57. The van der Waals surface area contributed by atoms with Crippen molar-refractivity contribution >= 4 is 42.9 Å². The van der Waals surface area contributed by atoms with Gasteiger partial charge in [-0.3, -0.25) is 0 Å². The van der Waals surface area contributed by atoms with E-state index >= 15 is 0 Å². The van der Waals surface area contributed by atoms with Crippen LogP contribution >= 0.6 is 31.9 Å². The summed E-state index contributed by atoms with van der Waals surface area (Å²) in [4.78, 5) is 14.7. The Morgan fingerprint density at radius 1 is 0.595 bits per heavy atom. The molecule has 2 aromatic carbocycles. The first-order valence-corrected chi connectivity index (χ1v) is 17.2. The van der Waals surface area contributed by atoms with Crippen LogP contribution in [0.2, 0.25) is 0 Å². The highest BCUT2D eigenvalue weighted by Gasteiger charge is 2.18. The largest absolute Gasteiger partial charge is 0.494 e. The lowest BCUT2D eigenvalue weighted by atomic mass is 10.0. The van der Waals surface area contributed by atoms with Crippen molar-refractivity contribution < 1.29 is 9.47 Å². The highest BCUT2D eigenvalue weighted by Crippen LogP contribution is 2.36. The fourth-order valence-electron chi connectivity index (χ4n) is 5.00. The van der Waals surface area contributed by atoms with E-state index in [0.717, 1.165) is 56.8 Å². The average molecular weight is 698 g/mol. The molecule has 5 nitrogen and oxygen atoms in total. The van der Waals surface area contributed by atoms with E-state index < -0.39 is 0 Å². The van der Waals surface area contributed by atoms with Crippen molar-refractivity contribution in [3.05, 3.63) is 63.8 Å². The molecule has 0 N–H and O–H groups in total. The maximum Gasteiger partial charge on any atom is 0.133 e. The van der Waals surface area contributed by atoms with E-state index in [9.17, 15) is 0 Å². The molecule has 42 heavy (non-hydrogen) atoms. The molecule has 0 saturated carbocycles. The maximum atomic E-state index is 6.16. The topological polar surface area (TPSA) is 57.1 Å². The monoisotopic (exact) mass is 695 g/mol. The van der Waals surface area contributed by atoms with Crippen molar-refractivity contribution in [2.45, 2.75) is 90.9 Å². The van der Waals surface area contributed by atoms with Gasteiger partial charge in [-0.15, -0.1) is 0 Å². The van der Waals surface area contributed by atoms with Crippen molar-refractivity contribution in [1.82, 2.24) is 15.0 Å². The molecule has 0 radical (unpaired) electrons. The van der Waals surface area contributed by atoms with Gasteiger partial charge in [0.25, 0.3) is 0 Å². The molecule has 4 aromatic rings. The summed E-state index contributed by atoms with van der Waals surface area (Å²) in [6.07, 6.45) is 16.6. The van der Waals surface area contributed by atoms with Crippen LogP contribution in [-0.2, 0) is 0 Å². The smallest absolute Gasteiger partial charge is 0.133 e. The molecule has 0 saturated heterocycles. The van der Waals surface area contributed by atoms with E-state index in [0.29, 0.717) is 23.3 Å². The fourth-order valence-corrected chi connectivity index (χ4v) is 5.75. The number of halogens is 2. The summed E-state index contributed by atoms with van der Waals surface area (Å²) in [6.45, 7) is 5.93. The normalized spacial score (nSPS) is 11.2. The number of ether oxygens (including phenoxy) is 2. The number of fused-ring (bicyclic) bond motifs is 1. The van der Waals surface area contributed by atoms with Crippen LogP contribution in [0.5, 0.6) is 11.5 Å². The summed E-state index contributed by atoms with van der Waals surface area (Å²) in [7, 11) is 0. The molecule has 7 heteroatoms. The standard InChI is InChI=1S/C35H43Br2N3O2/c1-3-5-7-9-11-13-21-41-28-19-15-17-26(23-28)31-32(40-34-33(39-31)30(36)25-38-35(34)37)27-18-16-20-29(24-27)42-22-14-12-10-8-6-4-2/h15-20,23-25H,3-14,21-22H2,1-2H3. The highest BCUT2D eigenvalue weighted by molar-refractivity contribution is 9.11. The minimum atomic E-state index is 0.660. The number of hydrogen-bond donors (Lipinski definition) is 0. The molecule has 224 valence electrons. The number of unbranched alkanes of at least 4 members (excludes halogenated alkanes) is 10. The van der Waals surface area contributed by atoms with E-state index in [2.05, 4.69) is 75.0 Å². The van der Waals surface area contributed by atoms with Crippen LogP contribution in [0.1, 0.15) is 90.9 Å². The van der Waals surface area contributed by atoms with Crippen LogP contribution < -0.4 is 9.47 Å². The first-order chi connectivity index (χ1) is 20.6. The SMILES string of the molecule is CCCCCCCCOc1cccc(-c2nc3c(Br)cnc(Br)c3nc2-c2cccc(OCCCCCCCC)c2)c1. The number of aromatic nitrogens is 3. The van der Waals surface area contributed by atoms with Gasteiger partial charge >= 0.3 is 0 Å². The number of benzene rings is 2. The molecule has 2 heterocycles. The van der Waals surface area contributed by atoms with Crippen molar-refractivity contribution in [3.8, 4) is 34.0 Å². The molecule has 0 unspecified atom stereocenters. The second-order valence-corrected chi connectivity index (χ2v) is 12.4. The van der Waals surface area contributed by atoms with Gasteiger partial charge in [-0.2, -0.15) is 0 Å². The molecule has 0 aliphatic heterocycles. The molecule has 0 fully saturated rings. The van der Waals surface area contributed by atoms with Crippen LogP contribution in [0, 0.1) is 0 Å². The number of hydrogen-bond acceptors (Lipinski definition) is 5. The summed E-state index contributed by atoms with van der Waals surface area (Å²) in [6, 6.07) is 16.3. The second-order valence-electron chi connectivity index (χ2n) is 10.8. The van der Waals surface area contributed by atoms with Crippen molar-refractivity contribution in [3.63, 3.8) is 0 Å². The zero-order valence-corrected chi connectivity index (χ0v) is 28.2. The van der Waals surface area contributed by atoms with Gasteiger partial charge in [0.05, 0.1) is 29.1 Å². The molecule has 0 amide bonds. The first kappa shape index (κ1) is 32.4. The predicted octanol–water partition coefficient (Wildman–Crippen LogP) is 11.4. The number of nitrogens with zero attached hydrogens (tertiary/aromatic N) is 3. The Kier molecular flexibility index (Phi) is 13.6. The minimum absolute atomic E-state index is 0.660. The van der Waals surface area contributed by atoms with E-state index in [1.165, 1.54) is 64.2 Å². The Labute approximate surface area is 268 Å². The summed E-state index contributed by atoms with van der Waals surface area (Å²) < 4.78 is 13.8. The third-order valence-corrected chi connectivity index (χ3v) is 8.52. The van der Waals surface area contributed by atoms with Gasteiger partial charge in [-0.1, -0.05) is 102 Å². The van der Waals surface area contributed by atoms with Gasteiger partial charge in [-0.25, -0.2) is 15.0 Å². The fraction of sp³-hybridized carbons (Fsp3) is 0.457. The summed E-state index contributed by atoms with van der Waals surface area (Å²) in [5, 5.41) is 0. The Morgan fingerprint density at radius 3 is 1.60 bits per heavy atom. The number of pyridine rings is 1. The van der Waals surface area contributed by atoms with Crippen LogP contribution in [0.3, 0.4) is 0 Å². The van der Waals surface area contributed by atoms with Crippen molar-refractivity contribution in [1.29, 1.82) is 0 Å². The molecular formula is C35H43Br2N3O2. The minimum Gasteiger partial charge on any atom is -0.494 e.